The fourth-order valence-corrected chi connectivity index (χ4v) is 6.28. The van der Waals surface area contributed by atoms with E-state index in [-0.39, 0.29) is 15.0 Å². The molecule has 178 valence electrons. The number of nitrogens with zero attached hydrogens (tertiary/aromatic N) is 2. The maximum Gasteiger partial charge on any atom is 0.333 e. The highest BCUT2D eigenvalue weighted by molar-refractivity contribution is 8.18. The van der Waals surface area contributed by atoms with Crippen LogP contribution in [0.4, 0.5) is 16.2 Å². The molecule has 3 N–H and O–H groups in total. The Morgan fingerprint density at radius 2 is 1.88 bits per heavy atom. The molecule has 4 rings (SSSR count). The van der Waals surface area contributed by atoms with E-state index in [9.17, 15) is 18.0 Å². The summed E-state index contributed by atoms with van der Waals surface area (Å²) < 4.78 is 28.4. The van der Waals surface area contributed by atoms with Crippen molar-refractivity contribution in [2.75, 3.05) is 17.2 Å². The second-order valence-electron chi connectivity index (χ2n) is 7.86. The number of carbonyl (C=O) groups excluding carboxylic acids is 1. The number of amides is 2. The van der Waals surface area contributed by atoms with Gasteiger partial charge in [-0.25, -0.2) is 22.9 Å². The molecule has 2 amide bonds. The van der Waals surface area contributed by atoms with Gasteiger partial charge in [0, 0.05) is 23.2 Å². The summed E-state index contributed by atoms with van der Waals surface area (Å²) in [6.07, 6.45) is 2.25. The number of benzene rings is 2. The smallest absolute Gasteiger partial charge is 0.333 e. The third-order valence-corrected chi connectivity index (χ3v) is 8.32. The molecule has 3 aromatic rings. The summed E-state index contributed by atoms with van der Waals surface area (Å²) in [6, 6.07) is 11.1. The van der Waals surface area contributed by atoms with Crippen LogP contribution in [0.25, 0.3) is 16.6 Å². The number of aryl methyl sites for hydroxylation is 1. The van der Waals surface area contributed by atoms with Crippen molar-refractivity contribution in [1.29, 1.82) is 0 Å². The van der Waals surface area contributed by atoms with Gasteiger partial charge >= 0.3 is 6.03 Å². The van der Waals surface area contributed by atoms with Gasteiger partial charge in [0.05, 0.1) is 16.6 Å². The number of fused-ring (bicyclic) bond motifs is 1. The Bertz CT molecular complexity index is 1450. The lowest BCUT2D eigenvalue weighted by Crippen LogP contribution is -2.34. The number of thioether (sulfide) groups is 1. The lowest BCUT2D eigenvalue weighted by molar-refractivity contribution is 0.256. The summed E-state index contributed by atoms with van der Waals surface area (Å²) in [5.74, 6) is 0.521. The van der Waals surface area contributed by atoms with Crippen molar-refractivity contribution in [2.45, 2.75) is 32.4 Å². The summed E-state index contributed by atoms with van der Waals surface area (Å²) in [5.41, 5.74) is 2.26. The molecular formula is C23H25N5O4S2. The van der Waals surface area contributed by atoms with E-state index in [2.05, 4.69) is 15.6 Å². The van der Waals surface area contributed by atoms with Crippen molar-refractivity contribution < 1.29 is 13.2 Å². The Morgan fingerprint density at radius 1 is 1.18 bits per heavy atom. The Kier molecular flexibility index (Phi) is 6.67. The topological polar surface area (TPSA) is 122 Å². The first-order chi connectivity index (χ1) is 16.2. The maximum atomic E-state index is 13.1. The zero-order valence-electron chi connectivity index (χ0n) is 19.0. The molecule has 0 fully saturated rings. The lowest BCUT2D eigenvalue weighted by atomic mass is 10.2. The molecule has 1 aliphatic rings. The zero-order valence-corrected chi connectivity index (χ0v) is 20.6. The van der Waals surface area contributed by atoms with Gasteiger partial charge in [-0.3, -0.25) is 9.36 Å². The van der Waals surface area contributed by atoms with Crippen LogP contribution in [-0.4, -0.2) is 35.8 Å². The van der Waals surface area contributed by atoms with Crippen molar-refractivity contribution >= 4 is 50.1 Å². The van der Waals surface area contributed by atoms with E-state index in [1.165, 1.54) is 16.3 Å². The Labute approximate surface area is 201 Å². The Hall–Kier alpha value is -3.31. The van der Waals surface area contributed by atoms with Crippen molar-refractivity contribution in [3.05, 3.63) is 69.0 Å². The van der Waals surface area contributed by atoms with Gasteiger partial charge in [0.1, 0.15) is 10.1 Å². The van der Waals surface area contributed by atoms with E-state index in [0.717, 1.165) is 12.2 Å². The fourth-order valence-electron chi connectivity index (χ4n) is 3.67. The lowest BCUT2D eigenvalue weighted by Gasteiger charge is -2.13. The molecule has 0 spiro atoms. The van der Waals surface area contributed by atoms with Gasteiger partial charge in [0.25, 0.3) is 15.6 Å². The summed E-state index contributed by atoms with van der Waals surface area (Å²) in [4.78, 5) is 30.0. The van der Waals surface area contributed by atoms with Gasteiger partial charge in [-0.2, -0.15) is 0 Å². The van der Waals surface area contributed by atoms with Gasteiger partial charge in [-0.1, -0.05) is 13.0 Å². The molecule has 1 unspecified atom stereocenters. The van der Waals surface area contributed by atoms with Crippen LogP contribution < -0.4 is 20.9 Å². The normalized spacial score (nSPS) is 15.7. The van der Waals surface area contributed by atoms with Crippen molar-refractivity contribution in [3.8, 4) is 5.69 Å². The second kappa shape index (κ2) is 9.51. The molecule has 11 heteroatoms. The number of sulfonamides is 1. The number of hydrogen-bond donors (Lipinski definition) is 3. The largest absolute Gasteiger partial charge is 0.385 e. The number of urea groups is 1. The molecule has 1 aromatic heterocycles. The Morgan fingerprint density at radius 3 is 2.53 bits per heavy atom. The van der Waals surface area contributed by atoms with Gasteiger partial charge in [0.2, 0.25) is 0 Å². The van der Waals surface area contributed by atoms with Crippen LogP contribution in [0.5, 0.6) is 0 Å². The molecular weight excluding hydrogens is 474 g/mol. The molecule has 1 aliphatic heterocycles. The molecule has 0 saturated carbocycles. The number of aromatic nitrogens is 2. The molecule has 2 aromatic carbocycles. The van der Waals surface area contributed by atoms with Crippen LogP contribution in [0.15, 0.2) is 57.6 Å². The summed E-state index contributed by atoms with van der Waals surface area (Å²) >= 11 is 1.22. The first-order valence-electron chi connectivity index (χ1n) is 10.8. The van der Waals surface area contributed by atoms with Gasteiger partial charge in [-0.15, -0.1) is 11.8 Å². The number of rotatable bonds is 6. The van der Waals surface area contributed by atoms with Crippen LogP contribution in [0.2, 0.25) is 0 Å². The second-order valence-corrected chi connectivity index (χ2v) is 11.2. The van der Waals surface area contributed by atoms with Crippen LogP contribution in [0.1, 0.15) is 26.1 Å². The standard InChI is InChI=1S/C23H25N5O4S2/c1-4-24-17-8-11-19-20(13-17)25-15(3)28(22(19)29)18-9-6-16(7-10-18)26-23(30)27-34(31,32)21-12-5-14(2)33-21/h6-14,24H,4-5H2,1-3H3,(H2,26,27,30). The predicted octanol–water partition coefficient (Wildman–Crippen LogP) is 3.94. The third kappa shape index (κ3) is 4.95. The van der Waals surface area contributed by atoms with E-state index in [0.29, 0.717) is 34.5 Å². The van der Waals surface area contributed by atoms with Gasteiger partial charge in [0.15, 0.2) is 0 Å². The van der Waals surface area contributed by atoms with E-state index in [1.807, 2.05) is 30.7 Å². The van der Waals surface area contributed by atoms with Crippen molar-refractivity contribution in [3.63, 3.8) is 0 Å². The number of carbonyl (C=O) groups is 1. The number of allylic oxidation sites excluding steroid dienone is 1. The highest BCUT2D eigenvalue weighted by atomic mass is 32.3. The van der Waals surface area contributed by atoms with E-state index in [1.54, 1.807) is 43.3 Å². The average Bonchev–Trinajstić information content (AvgIpc) is 3.22. The molecule has 1 atom stereocenters. The van der Waals surface area contributed by atoms with Gasteiger partial charge < -0.3 is 10.6 Å². The van der Waals surface area contributed by atoms with E-state index >= 15 is 0 Å². The van der Waals surface area contributed by atoms with Crippen molar-refractivity contribution in [1.82, 2.24) is 14.3 Å². The van der Waals surface area contributed by atoms with Crippen LogP contribution in [0, 0.1) is 6.92 Å². The maximum absolute atomic E-state index is 13.1. The fraction of sp³-hybridized carbons (Fsp3) is 0.261. The van der Waals surface area contributed by atoms with Gasteiger partial charge in [-0.05, 0) is 62.7 Å². The molecule has 34 heavy (non-hydrogen) atoms. The minimum absolute atomic E-state index is 0.154. The Balaban J connectivity index is 1.53. The predicted molar refractivity (Wildman–Crippen MR) is 137 cm³/mol. The van der Waals surface area contributed by atoms with Crippen LogP contribution >= 0.6 is 11.8 Å². The monoisotopic (exact) mass is 499 g/mol. The molecule has 9 nitrogen and oxygen atoms in total. The average molecular weight is 500 g/mol. The minimum Gasteiger partial charge on any atom is -0.385 e. The summed E-state index contributed by atoms with van der Waals surface area (Å²) in [6.45, 7) is 6.43. The SMILES string of the molecule is CCNc1ccc2c(=O)n(-c3ccc(NC(=O)NS(=O)(=O)C4=CCC(C)S4)cc3)c(C)nc2c1. The van der Waals surface area contributed by atoms with E-state index in [4.69, 9.17) is 0 Å². The highest BCUT2D eigenvalue weighted by Crippen LogP contribution is 2.34. The first kappa shape index (κ1) is 23.8. The number of anilines is 2. The zero-order chi connectivity index (χ0) is 24.5. The quantitative estimate of drug-likeness (QED) is 0.469. The molecule has 0 radical (unpaired) electrons. The summed E-state index contributed by atoms with van der Waals surface area (Å²) in [7, 11) is -3.90. The number of nitrogens with one attached hydrogen (secondary N) is 3. The number of hydrogen-bond acceptors (Lipinski definition) is 7. The van der Waals surface area contributed by atoms with Crippen LogP contribution in [-0.2, 0) is 10.0 Å². The third-order valence-electron chi connectivity index (χ3n) is 5.23. The minimum atomic E-state index is -3.90. The molecule has 0 saturated heterocycles. The molecule has 0 bridgehead atoms. The first-order valence-corrected chi connectivity index (χ1v) is 13.1. The molecule has 0 aliphatic carbocycles. The summed E-state index contributed by atoms with van der Waals surface area (Å²) in [5, 5.41) is 6.37. The highest BCUT2D eigenvalue weighted by Gasteiger charge is 2.26. The van der Waals surface area contributed by atoms with Crippen LogP contribution in [0.3, 0.4) is 0 Å². The molecule has 2 heterocycles. The van der Waals surface area contributed by atoms with Crippen molar-refractivity contribution in [2.24, 2.45) is 0 Å². The van der Waals surface area contributed by atoms with E-state index < -0.39 is 16.1 Å².